The third-order valence-corrected chi connectivity index (χ3v) is 2.40. The Morgan fingerprint density at radius 3 is 2.58 bits per heavy atom. The van der Waals surface area contributed by atoms with Crippen molar-refractivity contribution in [2.24, 2.45) is 11.0 Å². The van der Waals surface area contributed by atoms with Gasteiger partial charge in [0.25, 0.3) is 0 Å². The molecule has 0 unspecified atom stereocenters. The molecule has 0 spiro atoms. The molecule has 0 aliphatic carbocycles. The molecular formula is C14H20N2O3. The van der Waals surface area contributed by atoms with Gasteiger partial charge in [0.05, 0.1) is 20.4 Å². The highest BCUT2D eigenvalue weighted by Crippen LogP contribution is 2.26. The number of hydrazone groups is 1. The number of carbonyl (C=O) groups is 1. The first kappa shape index (κ1) is 15.0. The van der Waals surface area contributed by atoms with E-state index in [2.05, 4.69) is 10.5 Å². The van der Waals surface area contributed by atoms with Gasteiger partial charge in [0.15, 0.2) is 11.5 Å². The average Bonchev–Trinajstić information content (AvgIpc) is 2.37. The summed E-state index contributed by atoms with van der Waals surface area (Å²) >= 11 is 0. The Bertz CT molecular complexity index is 456. The molecule has 0 heterocycles. The Kier molecular flexibility index (Phi) is 5.85. The summed E-state index contributed by atoms with van der Waals surface area (Å²) < 4.78 is 10.3. The number of rotatable bonds is 6. The van der Waals surface area contributed by atoms with Crippen molar-refractivity contribution >= 4 is 12.1 Å². The van der Waals surface area contributed by atoms with Crippen molar-refractivity contribution in [2.45, 2.75) is 20.3 Å². The summed E-state index contributed by atoms with van der Waals surface area (Å²) in [4.78, 5) is 11.4. The second kappa shape index (κ2) is 7.41. The zero-order valence-corrected chi connectivity index (χ0v) is 11.8. The molecule has 1 aromatic rings. The number of amides is 1. The summed E-state index contributed by atoms with van der Waals surface area (Å²) in [6, 6.07) is 5.41. The van der Waals surface area contributed by atoms with Crippen LogP contribution in [0.4, 0.5) is 0 Å². The van der Waals surface area contributed by atoms with Crippen LogP contribution in [0.5, 0.6) is 11.5 Å². The van der Waals surface area contributed by atoms with Gasteiger partial charge in [0.2, 0.25) is 5.91 Å². The minimum Gasteiger partial charge on any atom is -0.493 e. The molecule has 0 saturated heterocycles. The molecule has 1 amide bonds. The van der Waals surface area contributed by atoms with Crippen LogP contribution < -0.4 is 14.9 Å². The maximum Gasteiger partial charge on any atom is 0.240 e. The molecular weight excluding hydrogens is 244 g/mol. The SMILES string of the molecule is COc1ccc(/C=N\NC(=O)CC(C)C)cc1OC. The van der Waals surface area contributed by atoms with Gasteiger partial charge >= 0.3 is 0 Å². The van der Waals surface area contributed by atoms with Crippen LogP contribution in [0.2, 0.25) is 0 Å². The maximum atomic E-state index is 11.4. The van der Waals surface area contributed by atoms with E-state index in [1.807, 2.05) is 19.9 Å². The number of hydrogen-bond acceptors (Lipinski definition) is 4. The van der Waals surface area contributed by atoms with Crippen molar-refractivity contribution in [1.29, 1.82) is 0 Å². The molecule has 1 rings (SSSR count). The largest absolute Gasteiger partial charge is 0.493 e. The molecule has 5 nitrogen and oxygen atoms in total. The van der Waals surface area contributed by atoms with Crippen molar-refractivity contribution in [1.82, 2.24) is 5.43 Å². The summed E-state index contributed by atoms with van der Waals surface area (Å²) in [5.74, 6) is 1.51. The van der Waals surface area contributed by atoms with E-state index >= 15 is 0 Å². The van der Waals surface area contributed by atoms with Gasteiger partial charge in [-0.15, -0.1) is 0 Å². The highest BCUT2D eigenvalue weighted by Gasteiger charge is 2.04. The van der Waals surface area contributed by atoms with Gasteiger partial charge < -0.3 is 9.47 Å². The van der Waals surface area contributed by atoms with Crippen LogP contribution in [-0.2, 0) is 4.79 Å². The Morgan fingerprint density at radius 1 is 1.32 bits per heavy atom. The lowest BCUT2D eigenvalue weighted by Gasteiger charge is -2.07. The van der Waals surface area contributed by atoms with Gasteiger partial charge in [-0.05, 0) is 29.7 Å². The molecule has 0 aliphatic rings. The number of nitrogens with one attached hydrogen (secondary N) is 1. The van der Waals surface area contributed by atoms with Crippen molar-refractivity contribution < 1.29 is 14.3 Å². The van der Waals surface area contributed by atoms with E-state index in [1.54, 1.807) is 32.6 Å². The zero-order valence-electron chi connectivity index (χ0n) is 11.8. The summed E-state index contributed by atoms with van der Waals surface area (Å²) in [6.45, 7) is 3.97. The second-order valence-corrected chi connectivity index (χ2v) is 4.51. The fourth-order valence-electron chi connectivity index (χ4n) is 1.53. The van der Waals surface area contributed by atoms with Crippen LogP contribution in [0.1, 0.15) is 25.8 Å². The Hall–Kier alpha value is -2.04. The van der Waals surface area contributed by atoms with Crippen molar-refractivity contribution in [3.8, 4) is 11.5 Å². The lowest BCUT2D eigenvalue weighted by atomic mass is 10.1. The number of benzene rings is 1. The molecule has 104 valence electrons. The number of nitrogens with zero attached hydrogens (tertiary/aromatic N) is 1. The number of hydrogen-bond donors (Lipinski definition) is 1. The Morgan fingerprint density at radius 2 is 2.00 bits per heavy atom. The molecule has 19 heavy (non-hydrogen) atoms. The molecule has 0 atom stereocenters. The topological polar surface area (TPSA) is 59.9 Å². The van der Waals surface area contributed by atoms with Crippen LogP contribution in [0, 0.1) is 5.92 Å². The lowest BCUT2D eigenvalue weighted by molar-refractivity contribution is -0.121. The van der Waals surface area contributed by atoms with E-state index in [-0.39, 0.29) is 5.91 Å². The monoisotopic (exact) mass is 264 g/mol. The first-order chi connectivity index (χ1) is 9.06. The van der Waals surface area contributed by atoms with Crippen LogP contribution in [0.25, 0.3) is 0 Å². The zero-order chi connectivity index (χ0) is 14.3. The molecule has 1 aromatic carbocycles. The highest BCUT2D eigenvalue weighted by molar-refractivity contribution is 5.83. The van der Waals surface area contributed by atoms with Crippen LogP contribution in [0.15, 0.2) is 23.3 Å². The molecule has 0 saturated carbocycles. The van der Waals surface area contributed by atoms with E-state index in [9.17, 15) is 4.79 Å². The molecule has 0 aromatic heterocycles. The van der Waals surface area contributed by atoms with Gasteiger partial charge in [-0.1, -0.05) is 13.8 Å². The first-order valence-electron chi connectivity index (χ1n) is 6.10. The van der Waals surface area contributed by atoms with E-state index in [4.69, 9.17) is 9.47 Å². The quantitative estimate of drug-likeness (QED) is 0.633. The fourth-order valence-corrected chi connectivity index (χ4v) is 1.53. The Balaban J connectivity index is 2.64. The van der Waals surface area contributed by atoms with Crippen LogP contribution in [-0.4, -0.2) is 26.3 Å². The number of ether oxygens (including phenoxy) is 2. The van der Waals surface area contributed by atoms with Crippen molar-refractivity contribution in [3.63, 3.8) is 0 Å². The van der Waals surface area contributed by atoms with Crippen LogP contribution in [0.3, 0.4) is 0 Å². The highest BCUT2D eigenvalue weighted by atomic mass is 16.5. The van der Waals surface area contributed by atoms with Gasteiger partial charge in [0.1, 0.15) is 0 Å². The summed E-state index contributed by atoms with van der Waals surface area (Å²) in [5, 5.41) is 3.90. The van der Waals surface area contributed by atoms with E-state index in [1.165, 1.54) is 0 Å². The standard InChI is InChI=1S/C14H20N2O3/c1-10(2)7-14(17)16-15-9-11-5-6-12(18-3)13(8-11)19-4/h5-6,8-10H,7H2,1-4H3,(H,16,17)/b15-9-. The minimum absolute atomic E-state index is 0.0910. The van der Waals surface area contributed by atoms with E-state index in [0.717, 1.165) is 5.56 Å². The smallest absolute Gasteiger partial charge is 0.240 e. The predicted octanol–water partition coefficient (Wildman–Crippen LogP) is 2.20. The lowest BCUT2D eigenvalue weighted by Crippen LogP contribution is -2.19. The maximum absolute atomic E-state index is 11.4. The van der Waals surface area contributed by atoms with Crippen LogP contribution >= 0.6 is 0 Å². The fraction of sp³-hybridized carbons (Fsp3) is 0.429. The van der Waals surface area contributed by atoms with E-state index < -0.39 is 0 Å². The molecule has 0 bridgehead atoms. The van der Waals surface area contributed by atoms with Crippen molar-refractivity contribution in [2.75, 3.05) is 14.2 Å². The van der Waals surface area contributed by atoms with Gasteiger partial charge in [-0.2, -0.15) is 5.10 Å². The molecule has 0 aliphatic heterocycles. The molecule has 1 N–H and O–H groups in total. The van der Waals surface area contributed by atoms with E-state index in [0.29, 0.717) is 23.8 Å². The average molecular weight is 264 g/mol. The second-order valence-electron chi connectivity index (χ2n) is 4.51. The third-order valence-electron chi connectivity index (χ3n) is 2.40. The molecule has 5 heteroatoms. The van der Waals surface area contributed by atoms with Gasteiger partial charge in [-0.3, -0.25) is 4.79 Å². The minimum atomic E-state index is -0.0910. The predicted molar refractivity (Wildman–Crippen MR) is 74.7 cm³/mol. The number of methoxy groups -OCH3 is 2. The summed E-state index contributed by atoms with van der Waals surface area (Å²) in [5.41, 5.74) is 3.31. The summed E-state index contributed by atoms with van der Waals surface area (Å²) in [7, 11) is 3.15. The van der Waals surface area contributed by atoms with Crippen molar-refractivity contribution in [3.05, 3.63) is 23.8 Å². The molecule has 0 radical (unpaired) electrons. The normalized spacial score (nSPS) is 10.8. The van der Waals surface area contributed by atoms with Gasteiger partial charge in [0, 0.05) is 6.42 Å². The Labute approximate surface area is 113 Å². The van der Waals surface area contributed by atoms with Gasteiger partial charge in [-0.25, -0.2) is 5.43 Å². The summed E-state index contributed by atoms with van der Waals surface area (Å²) in [6.07, 6.45) is 2.03. The molecule has 0 fully saturated rings. The first-order valence-corrected chi connectivity index (χ1v) is 6.10. The number of carbonyl (C=O) groups excluding carboxylic acids is 1. The third kappa shape index (κ3) is 4.99.